The number of carbonyl (C=O) groups excluding carboxylic acids is 1. The molecule has 16 heavy (non-hydrogen) atoms. The van der Waals surface area contributed by atoms with Crippen LogP contribution in [0, 0.1) is 0 Å². The highest BCUT2D eigenvalue weighted by Crippen LogP contribution is 2.06. The first kappa shape index (κ1) is 10.8. The summed E-state index contributed by atoms with van der Waals surface area (Å²) < 4.78 is 0. The second kappa shape index (κ2) is 4.45. The maximum absolute atomic E-state index is 11.8. The van der Waals surface area contributed by atoms with Crippen molar-refractivity contribution in [1.82, 2.24) is 9.80 Å². The predicted octanol–water partition coefficient (Wildman–Crippen LogP) is 1.06. The standard InChI is InChI=1S/C12H15N3O/c1-14-8-11(15(2)9-14)13-12(16)10-6-4-3-5-7-10/h3-7H,8-9H2,1-2H3. The van der Waals surface area contributed by atoms with E-state index in [9.17, 15) is 4.79 Å². The third-order valence-electron chi connectivity index (χ3n) is 2.56. The number of likely N-dealkylation sites (N-methyl/N-ethyl adjacent to an activating group) is 2. The molecule has 1 aromatic carbocycles. The van der Waals surface area contributed by atoms with Crippen molar-refractivity contribution in [3.05, 3.63) is 35.9 Å². The molecule has 2 rings (SSSR count). The number of amidine groups is 1. The summed E-state index contributed by atoms with van der Waals surface area (Å²) in [5, 5.41) is 0. The lowest BCUT2D eigenvalue weighted by atomic mass is 10.2. The number of benzene rings is 1. The highest BCUT2D eigenvalue weighted by molar-refractivity contribution is 6.04. The molecule has 0 N–H and O–H groups in total. The van der Waals surface area contributed by atoms with Gasteiger partial charge in [-0.2, -0.15) is 4.99 Å². The maximum atomic E-state index is 11.8. The highest BCUT2D eigenvalue weighted by atomic mass is 16.1. The molecule has 1 aromatic rings. The molecule has 0 aromatic heterocycles. The largest absolute Gasteiger partial charge is 0.349 e. The summed E-state index contributed by atoms with van der Waals surface area (Å²) in [7, 11) is 3.95. The van der Waals surface area contributed by atoms with Crippen molar-refractivity contribution in [1.29, 1.82) is 0 Å². The molecule has 1 amide bonds. The van der Waals surface area contributed by atoms with Gasteiger partial charge >= 0.3 is 0 Å². The van der Waals surface area contributed by atoms with E-state index in [0.717, 1.165) is 19.0 Å². The first-order valence-electron chi connectivity index (χ1n) is 5.23. The zero-order chi connectivity index (χ0) is 11.5. The Balaban J connectivity index is 2.16. The van der Waals surface area contributed by atoms with E-state index >= 15 is 0 Å². The zero-order valence-electron chi connectivity index (χ0n) is 9.55. The lowest BCUT2D eigenvalue weighted by Crippen LogP contribution is -2.22. The molecule has 0 aliphatic carbocycles. The Hall–Kier alpha value is -1.68. The Morgan fingerprint density at radius 1 is 1.25 bits per heavy atom. The van der Waals surface area contributed by atoms with E-state index in [4.69, 9.17) is 0 Å². The summed E-state index contributed by atoms with van der Waals surface area (Å²) in [5.41, 5.74) is 0.637. The number of nitrogens with zero attached hydrogens (tertiary/aromatic N) is 3. The molecule has 0 bridgehead atoms. The summed E-state index contributed by atoms with van der Waals surface area (Å²) in [4.78, 5) is 20.1. The summed E-state index contributed by atoms with van der Waals surface area (Å²) in [6.07, 6.45) is 0. The topological polar surface area (TPSA) is 35.9 Å². The molecule has 1 saturated heterocycles. The Bertz CT molecular complexity index is 414. The van der Waals surface area contributed by atoms with Gasteiger partial charge in [-0.1, -0.05) is 18.2 Å². The quantitative estimate of drug-likeness (QED) is 0.705. The van der Waals surface area contributed by atoms with Crippen molar-refractivity contribution < 1.29 is 4.79 Å². The summed E-state index contributed by atoms with van der Waals surface area (Å²) in [6, 6.07) is 9.14. The van der Waals surface area contributed by atoms with Crippen molar-refractivity contribution in [2.24, 2.45) is 4.99 Å². The second-order valence-electron chi connectivity index (χ2n) is 4.05. The Morgan fingerprint density at radius 2 is 1.94 bits per heavy atom. The van der Waals surface area contributed by atoms with Crippen LogP contribution < -0.4 is 0 Å². The number of hydrogen-bond acceptors (Lipinski definition) is 2. The summed E-state index contributed by atoms with van der Waals surface area (Å²) in [6.45, 7) is 1.55. The molecule has 1 fully saturated rings. The van der Waals surface area contributed by atoms with Gasteiger partial charge in [-0.3, -0.25) is 9.69 Å². The van der Waals surface area contributed by atoms with Crippen LogP contribution in [-0.4, -0.2) is 48.9 Å². The van der Waals surface area contributed by atoms with Crippen LogP contribution in [0.4, 0.5) is 0 Å². The molecule has 0 unspecified atom stereocenters. The summed E-state index contributed by atoms with van der Waals surface area (Å²) >= 11 is 0. The number of hydrogen-bond donors (Lipinski definition) is 0. The molecule has 1 aliphatic heterocycles. The van der Waals surface area contributed by atoms with Crippen molar-refractivity contribution in [3.63, 3.8) is 0 Å². The molecule has 0 spiro atoms. The van der Waals surface area contributed by atoms with Crippen LogP contribution in [0.2, 0.25) is 0 Å². The number of carbonyl (C=O) groups is 1. The van der Waals surface area contributed by atoms with E-state index in [2.05, 4.69) is 9.89 Å². The van der Waals surface area contributed by atoms with Gasteiger partial charge in [0, 0.05) is 12.6 Å². The van der Waals surface area contributed by atoms with Gasteiger partial charge in [-0.15, -0.1) is 0 Å². The fraction of sp³-hybridized carbons (Fsp3) is 0.333. The van der Waals surface area contributed by atoms with Gasteiger partial charge < -0.3 is 4.90 Å². The van der Waals surface area contributed by atoms with Gasteiger partial charge in [0.2, 0.25) is 0 Å². The second-order valence-corrected chi connectivity index (χ2v) is 4.05. The fourth-order valence-electron chi connectivity index (χ4n) is 1.74. The molecule has 1 aliphatic rings. The number of aliphatic imine (C=N–C) groups is 1. The monoisotopic (exact) mass is 217 g/mol. The molecular weight excluding hydrogens is 202 g/mol. The number of amides is 1. The van der Waals surface area contributed by atoms with Gasteiger partial charge in [-0.05, 0) is 19.2 Å². The van der Waals surface area contributed by atoms with Gasteiger partial charge in [0.25, 0.3) is 5.91 Å². The minimum Gasteiger partial charge on any atom is -0.349 e. The molecule has 84 valence electrons. The van der Waals surface area contributed by atoms with Gasteiger partial charge in [0.15, 0.2) is 0 Å². The van der Waals surface area contributed by atoms with E-state index in [1.54, 1.807) is 12.1 Å². The third kappa shape index (κ3) is 2.28. The molecule has 0 saturated carbocycles. The lowest BCUT2D eigenvalue weighted by Gasteiger charge is -2.09. The third-order valence-corrected chi connectivity index (χ3v) is 2.56. The Labute approximate surface area is 95.2 Å². The lowest BCUT2D eigenvalue weighted by molar-refractivity contribution is 0.100. The van der Waals surface area contributed by atoms with Gasteiger partial charge in [0.05, 0.1) is 13.2 Å². The van der Waals surface area contributed by atoms with Crippen LogP contribution in [0.25, 0.3) is 0 Å². The first-order chi connectivity index (χ1) is 7.66. The molecule has 4 heteroatoms. The van der Waals surface area contributed by atoms with E-state index in [1.807, 2.05) is 37.2 Å². The average molecular weight is 217 g/mol. The molecule has 4 nitrogen and oxygen atoms in total. The minimum absolute atomic E-state index is 0.169. The van der Waals surface area contributed by atoms with E-state index < -0.39 is 0 Å². The fourth-order valence-corrected chi connectivity index (χ4v) is 1.74. The first-order valence-corrected chi connectivity index (χ1v) is 5.23. The summed E-state index contributed by atoms with van der Waals surface area (Å²) in [5.74, 6) is 0.661. The van der Waals surface area contributed by atoms with Crippen molar-refractivity contribution in [2.75, 3.05) is 27.3 Å². The van der Waals surface area contributed by atoms with Crippen LogP contribution >= 0.6 is 0 Å². The van der Waals surface area contributed by atoms with Crippen molar-refractivity contribution in [2.45, 2.75) is 0 Å². The molecule has 1 heterocycles. The molecule has 0 atom stereocenters. The van der Waals surface area contributed by atoms with Crippen LogP contribution in [0.3, 0.4) is 0 Å². The molecule has 0 radical (unpaired) electrons. The van der Waals surface area contributed by atoms with E-state index in [0.29, 0.717) is 5.56 Å². The Kier molecular flexibility index (Phi) is 3.01. The van der Waals surface area contributed by atoms with Crippen molar-refractivity contribution >= 4 is 11.7 Å². The normalized spacial score (nSPS) is 19.4. The zero-order valence-corrected chi connectivity index (χ0v) is 9.55. The van der Waals surface area contributed by atoms with E-state index in [-0.39, 0.29) is 5.91 Å². The number of rotatable bonds is 1. The van der Waals surface area contributed by atoms with Crippen LogP contribution in [-0.2, 0) is 0 Å². The maximum Gasteiger partial charge on any atom is 0.278 e. The van der Waals surface area contributed by atoms with Crippen LogP contribution in [0.1, 0.15) is 10.4 Å². The van der Waals surface area contributed by atoms with Crippen LogP contribution in [0.15, 0.2) is 35.3 Å². The van der Waals surface area contributed by atoms with Gasteiger partial charge in [0.1, 0.15) is 5.84 Å². The predicted molar refractivity (Wildman–Crippen MR) is 63.5 cm³/mol. The molecular formula is C12H15N3O. The SMILES string of the molecule is CN1CC(=NC(=O)c2ccccc2)N(C)C1. The highest BCUT2D eigenvalue weighted by Gasteiger charge is 2.20. The van der Waals surface area contributed by atoms with Gasteiger partial charge in [-0.25, -0.2) is 0 Å². The minimum atomic E-state index is -0.169. The average Bonchev–Trinajstić information content (AvgIpc) is 2.59. The van der Waals surface area contributed by atoms with E-state index in [1.165, 1.54) is 0 Å². The Morgan fingerprint density at radius 3 is 2.50 bits per heavy atom. The smallest absolute Gasteiger partial charge is 0.278 e. The van der Waals surface area contributed by atoms with Crippen molar-refractivity contribution in [3.8, 4) is 0 Å². The van der Waals surface area contributed by atoms with Crippen LogP contribution in [0.5, 0.6) is 0 Å².